The highest BCUT2D eigenvalue weighted by molar-refractivity contribution is 6.88. The van der Waals surface area contributed by atoms with Crippen molar-refractivity contribution in [3.8, 4) is 0 Å². The van der Waals surface area contributed by atoms with Crippen LogP contribution in [0.25, 0.3) is 0 Å². The van der Waals surface area contributed by atoms with Gasteiger partial charge in [0, 0.05) is 7.11 Å². The molecule has 2 nitrogen and oxygen atoms in total. The summed E-state index contributed by atoms with van der Waals surface area (Å²) in [6.45, 7) is 6.84. The number of nitrogens with one attached hydrogen (secondary N) is 1. The minimum atomic E-state index is -2.11. The van der Waals surface area contributed by atoms with Gasteiger partial charge >= 0.3 is 8.48 Å². The summed E-state index contributed by atoms with van der Waals surface area (Å²) in [5.41, 5.74) is 1.92. The Kier molecular flexibility index (Phi) is 4.07. The van der Waals surface area contributed by atoms with Gasteiger partial charge in [-0.25, -0.2) is 0 Å². The molecule has 1 unspecified atom stereocenters. The van der Waals surface area contributed by atoms with Crippen molar-refractivity contribution in [2.45, 2.75) is 6.92 Å². The lowest BCUT2D eigenvalue weighted by atomic mass is 10.4. The molecule has 0 amide bonds. The zero-order valence-electron chi connectivity index (χ0n) is 8.79. The summed E-state index contributed by atoms with van der Waals surface area (Å²) in [7, 11) is -0.366. The minimum Gasteiger partial charge on any atom is -0.400 e. The van der Waals surface area contributed by atoms with Crippen LogP contribution in [-0.4, -0.2) is 22.1 Å². The second-order valence-corrected chi connectivity index (χ2v) is 6.26. The average Bonchev–Trinajstić information content (AvgIpc) is 2.27. The van der Waals surface area contributed by atoms with E-state index in [1.165, 1.54) is 5.19 Å². The van der Waals surface area contributed by atoms with Crippen molar-refractivity contribution >= 4 is 13.7 Å². The quantitative estimate of drug-likeness (QED) is 0.735. The highest BCUT2D eigenvalue weighted by Gasteiger charge is 2.32. The van der Waals surface area contributed by atoms with Gasteiger partial charge in [0.1, 0.15) is 0 Å². The van der Waals surface area contributed by atoms with E-state index in [-0.39, 0.29) is 0 Å². The molecule has 0 aromatic heterocycles. The van der Waals surface area contributed by atoms with Crippen molar-refractivity contribution in [2.75, 3.05) is 13.7 Å². The zero-order chi connectivity index (χ0) is 10.4. The van der Waals surface area contributed by atoms with E-state index in [0.29, 0.717) is 0 Å². The molecule has 0 spiro atoms. The van der Waals surface area contributed by atoms with Gasteiger partial charge in [-0.05, 0) is 11.7 Å². The van der Waals surface area contributed by atoms with E-state index in [4.69, 9.17) is 4.43 Å². The van der Waals surface area contributed by atoms with Gasteiger partial charge in [0.05, 0.1) is 0 Å². The molecule has 0 fully saturated rings. The van der Waals surface area contributed by atoms with Crippen LogP contribution in [-0.2, 0) is 4.43 Å². The van der Waals surface area contributed by atoms with Crippen molar-refractivity contribution in [1.82, 2.24) is 4.98 Å². The molecule has 0 saturated heterocycles. The van der Waals surface area contributed by atoms with E-state index in [1.54, 1.807) is 7.11 Å². The van der Waals surface area contributed by atoms with Crippen molar-refractivity contribution in [2.24, 2.45) is 0 Å². The summed E-state index contributed by atoms with van der Waals surface area (Å²) < 4.78 is 5.62. The predicted molar refractivity (Wildman–Crippen MR) is 62.7 cm³/mol. The molecule has 0 heterocycles. The monoisotopic (exact) mass is 207 g/mol. The summed E-state index contributed by atoms with van der Waals surface area (Å²) in [6, 6.07) is 10.2. The van der Waals surface area contributed by atoms with E-state index in [0.717, 1.165) is 6.54 Å². The summed E-state index contributed by atoms with van der Waals surface area (Å²) >= 11 is 0. The van der Waals surface area contributed by atoms with Crippen LogP contribution in [0.1, 0.15) is 6.92 Å². The maximum Gasteiger partial charge on any atom is 0.327 e. The third-order valence-electron chi connectivity index (χ3n) is 2.25. The van der Waals surface area contributed by atoms with E-state index in [1.807, 2.05) is 23.9 Å². The molecule has 1 N–H and O–H groups in total. The van der Waals surface area contributed by atoms with Gasteiger partial charge in [-0.2, -0.15) is 0 Å². The molecule has 0 saturated carbocycles. The first-order valence-corrected chi connectivity index (χ1v) is 6.77. The number of rotatable bonds is 5. The summed E-state index contributed by atoms with van der Waals surface area (Å²) in [4.78, 5) is 3.41. The van der Waals surface area contributed by atoms with E-state index < -0.39 is 8.48 Å². The fourth-order valence-corrected chi connectivity index (χ4v) is 3.86. The number of hydrogen-bond donors (Lipinski definition) is 1. The SMILES string of the molecule is C=C[Si](NCC)(OC)c1ccccc1. The molecule has 0 aliphatic heterocycles. The van der Waals surface area contributed by atoms with Gasteiger partial charge in [-0.15, -0.1) is 6.58 Å². The fourth-order valence-electron chi connectivity index (χ4n) is 1.51. The Morgan fingerprint density at radius 2 is 2.07 bits per heavy atom. The molecule has 0 radical (unpaired) electrons. The number of hydrogen-bond acceptors (Lipinski definition) is 2. The molecule has 0 aliphatic carbocycles. The molecule has 0 bridgehead atoms. The second-order valence-electron chi connectivity index (χ2n) is 3.04. The maximum atomic E-state index is 5.62. The minimum absolute atomic E-state index is 0.890. The molecule has 1 atom stereocenters. The van der Waals surface area contributed by atoms with Crippen LogP contribution in [0, 0.1) is 0 Å². The largest absolute Gasteiger partial charge is 0.400 e. The molecule has 1 aromatic rings. The van der Waals surface area contributed by atoms with Crippen LogP contribution < -0.4 is 10.2 Å². The third kappa shape index (κ3) is 2.12. The third-order valence-corrected chi connectivity index (χ3v) is 5.54. The first-order valence-electron chi connectivity index (χ1n) is 4.78. The molecule has 14 heavy (non-hydrogen) atoms. The van der Waals surface area contributed by atoms with Gasteiger partial charge in [-0.1, -0.05) is 43.0 Å². The van der Waals surface area contributed by atoms with Gasteiger partial charge < -0.3 is 9.41 Å². The van der Waals surface area contributed by atoms with Crippen molar-refractivity contribution in [3.05, 3.63) is 42.6 Å². The van der Waals surface area contributed by atoms with Crippen molar-refractivity contribution in [1.29, 1.82) is 0 Å². The predicted octanol–water partition coefficient (Wildman–Crippen LogP) is 1.32. The fraction of sp³-hybridized carbons (Fsp3) is 0.273. The van der Waals surface area contributed by atoms with Crippen LogP contribution in [0.4, 0.5) is 0 Å². The van der Waals surface area contributed by atoms with E-state index in [2.05, 4.69) is 30.6 Å². The van der Waals surface area contributed by atoms with Crippen LogP contribution in [0.2, 0.25) is 0 Å². The van der Waals surface area contributed by atoms with E-state index in [9.17, 15) is 0 Å². The van der Waals surface area contributed by atoms with Crippen LogP contribution in [0.5, 0.6) is 0 Å². The first-order chi connectivity index (χ1) is 6.79. The van der Waals surface area contributed by atoms with Crippen LogP contribution in [0.3, 0.4) is 0 Å². The van der Waals surface area contributed by atoms with Crippen LogP contribution in [0.15, 0.2) is 42.6 Å². The Labute approximate surface area is 86.8 Å². The molecular weight excluding hydrogens is 190 g/mol. The van der Waals surface area contributed by atoms with Gasteiger partial charge in [0.2, 0.25) is 0 Å². The van der Waals surface area contributed by atoms with Gasteiger partial charge in [-0.3, -0.25) is 0 Å². The molecule has 3 heteroatoms. The summed E-state index contributed by atoms with van der Waals surface area (Å²) in [6.07, 6.45) is 0. The Hall–Kier alpha value is -0.903. The topological polar surface area (TPSA) is 21.3 Å². The lowest BCUT2D eigenvalue weighted by molar-refractivity contribution is 0.403. The zero-order valence-corrected chi connectivity index (χ0v) is 9.79. The lowest BCUT2D eigenvalue weighted by Gasteiger charge is -2.26. The Morgan fingerprint density at radius 1 is 1.43 bits per heavy atom. The Morgan fingerprint density at radius 3 is 2.50 bits per heavy atom. The summed E-state index contributed by atoms with van der Waals surface area (Å²) in [5.74, 6) is 0. The van der Waals surface area contributed by atoms with Gasteiger partial charge in [0.25, 0.3) is 0 Å². The van der Waals surface area contributed by atoms with Crippen molar-refractivity contribution in [3.63, 3.8) is 0 Å². The van der Waals surface area contributed by atoms with E-state index >= 15 is 0 Å². The molecular formula is C11H17NOSi. The Balaban J connectivity index is 3.04. The van der Waals surface area contributed by atoms with Gasteiger partial charge in [0.15, 0.2) is 0 Å². The smallest absolute Gasteiger partial charge is 0.327 e. The molecule has 1 rings (SSSR count). The maximum absolute atomic E-state index is 5.62. The highest BCUT2D eigenvalue weighted by Crippen LogP contribution is 2.02. The average molecular weight is 207 g/mol. The summed E-state index contributed by atoms with van der Waals surface area (Å²) in [5, 5.41) is 1.21. The first kappa shape index (κ1) is 11.2. The number of benzene rings is 1. The standard InChI is InChI=1S/C11H17NOSi/c1-4-12-14(5-2,13-3)11-9-7-6-8-10-11/h5-10,12H,2,4H2,1,3H3. The lowest BCUT2D eigenvalue weighted by Crippen LogP contribution is -2.61. The normalized spacial score (nSPS) is 14.7. The molecule has 1 aromatic carbocycles. The Bertz CT molecular complexity index is 289. The molecule has 76 valence electrons. The van der Waals surface area contributed by atoms with Crippen molar-refractivity contribution < 1.29 is 4.43 Å². The second kappa shape index (κ2) is 5.10. The molecule has 0 aliphatic rings. The highest BCUT2D eigenvalue weighted by atomic mass is 28.4. The van der Waals surface area contributed by atoms with Crippen LogP contribution >= 0.6 is 0 Å².